The lowest BCUT2D eigenvalue weighted by Crippen LogP contribution is -2.72. The van der Waals surface area contributed by atoms with Crippen LogP contribution in [0.25, 0.3) is 0 Å². The third-order valence-electron chi connectivity index (χ3n) is 4.85. The molecule has 0 aliphatic heterocycles. The first kappa shape index (κ1) is 34.1. The highest BCUT2D eigenvalue weighted by Gasteiger charge is 2.93. The molecule has 0 unspecified atom stereocenters. The molecule has 0 aromatic carbocycles. The van der Waals surface area contributed by atoms with E-state index in [9.17, 15) is 65.9 Å². The molecule has 1 rings (SSSR count). The van der Waals surface area contributed by atoms with Gasteiger partial charge < -0.3 is 9.13 Å². The van der Waals surface area contributed by atoms with E-state index < -0.39 is 64.9 Å². The van der Waals surface area contributed by atoms with E-state index in [0.717, 1.165) is 4.57 Å². The Morgan fingerprint density at radius 1 is 0.595 bits per heavy atom. The Morgan fingerprint density at radius 3 is 1.32 bits per heavy atom. The summed E-state index contributed by atoms with van der Waals surface area (Å²) in [7, 11) is 0. The molecule has 0 radical (unpaired) electrons. The van der Waals surface area contributed by atoms with Crippen molar-refractivity contribution in [2.24, 2.45) is 5.41 Å². The van der Waals surface area contributed by atoms with Gasteiger partial charge in [0.15, 0.2) is 4.77 Å². The van der Waals surface area contributed by atoms with Crippen LogP contribution in [0.5, 0.6) is 0 Å². The summed E-state index contributed by atoms with van der Waals surface area (Å²) >= 11 is 12.8. The SMILES string of the molecule is CC(C)(C)Cn1c(S)c(S)n(CCC(F)(F)C(F)(F)C(F)(F)C(F)(F)C(F)(F)C(F)(F)C(F)(F)F)c1=S. The second-order valence-corrected chi connectivity index (χ2v) is 10.3. The molecule has 0 spiro atoms. The molecule has 0 saturated heterocycles. The lowest BCUT2D eigenvalue weighted by molar-refractivity contribution is -0.452. The molecule has 0 atom stereocenters. The summed E-state index contributed by atoms with van der Waals surface area (Å²) in [5.74, 6) is -46.6. The third kappa shape index (κ3) is 5.43. The summed E-state index contributed by atoms with van der Waals surface area (Å²) in [6, 6.07) is 0. The Labute approximate surface area is 215 Å². The minimum atomic E-state index is -8.31. The number of aromatic nitrogens is 2. The van der Waals surface area contributed by atoms with Crippen LogP contribution < -0.4 is 0 Å². The van der Waals surface area contributed by atoms with E-state index in [-0.39, 0.29) is 16.6 Å². The minimum Gasteiger partial charge on any atom is -0.311 e. The highest BCUT2D eigenvalue weighted by Crippen LogP contribution is 2.62. The zero-order chi connectivity index (χ0) is 30.0. The van der Waals surface area contributed by atoms with Gasteiger partial charge in [0.1, 0.15) is 10.1 Å². The number of halogens is 15. The van der Waals surface area contributed by atoms with Crippen LogP contribution in [0.3, 0.4) is 0 Å². The van der Waals surface area contributed by atoms with Crippen molar-refractivity contribution in [3.63, 3.8) is 0 Å². The normalized spacial score (nSPS) is 15.5. The van der Waals surface area contributed by atoms with Gasteiger partial charge in [0.25, 0.3) is 0 Å². The van der Waals surface area contributed by atoms with Crippen molar-refractivity contribution in [3.05, 3.63) is 4.77 Å². The summed E-state index contributed by atoms with van der Waals surface area (Å²) in [6.45, 7) is 3.57. The molecule has 1 aromatic heterocycles. The zero-order valence-electron chi connectivity index (χ0n) is 18.5. The predicted molar refractivity (Wildman–Crippen MR) is 108 cm³/mol. The Morgan fingerprint density at radius 2 is 0.946 bits per heavy atom. The maximum Gasteiger partial charge on any atom is 0.460 e. The first-order chi connectivity index (χ1) is 15.9. The van der Waals surface area contributed by atoms with Crippen LogP contribution in [0.1, 0.15) is 27.2 Å². The van der Waals surface area contributed by atoms with Crippen LogP contribution in [0.4, 0.5) is 65.9 Å². The van der Waals surface area contributed by atoms with Gasteiger partial charge in [-0.1, -0.05) is 20.8 Å². The number of imidazole rings is 1. The van der Waals surface area contributed by atoms with Gasteiger partial charge in [-0.15, -0.1) is 25.3 Å². The quantitative estimate of drug-likeness (QED) is 0.158. The molecule has 0 aliphatic rings. The van der Waals surface area contributed by atoms with E-state index >= 15 is 0 Å². The minimum absolute atomic E-state index is 0.0323. The molecule has 2 nitrogen and oxygen atoms in total. The lowest BCUT2D eigenvalue weighted by atomic mass is 9.90. The van der Waals surface area contributed by atoms with Crippen LogP contribution in [0.2, 0.25) is 0 Å². The van der Waals surface area contributed by atoms with E-state index in [0.29, 0.717) is 4.57 Å². The Bertz CT molecular complexity index is 1050. The standard InChI is InChI=1S/C17H17F15N2S3/c1-10(2,3)6-34-8(36)7(35)33(9(34)37)5-4-11(18,19)12(20,21)13(22,23)14(24,25)15(26,27)16(28,29)17(30,31)32/h35-36H,4-6H2,1-3H3. The molecule has 218 valence electrons. The number of alkyl halides is 15. The van der Waals surface area contributed by atoms with Gasteiger partial charge in [-0.2, -0.15) is 65.9 Å². The predicted octanol–water partition coefficient (Wildman–Crippen LogP) is 8.41. The van der Waals surface area contributed by atoms with Gasteiger partial charge >= 0.3 is 41.7 Å². The Hall–Kier alpha value is -0.920. The third-order valence-corrected chi connectivity index (χ3v) is 6.37. The maximum absolute atomic E-state index is 14.2. The van der Waals surface area contributed by atoms with Crippen molar-refractivity contribution in [1.82, 2.24) is 9.13 Å². The van der Waals surface area contributed by atoms with E-state index in [1.54, 1.807) is 20.8 Å². The Balaban J connectivity index is 3.47. The summed E-state index contributed by atoms with van der Waals surface area (Å²) in [5.41, 5.74) is -0.545. The maximum atomic E-state index is 14.2. The summed E-state index contributed by atoms with van der Waals surface area (Å²) in [6.07, 6.45) is -10.2. The summed E-state index contributed by atoms with van der Waals surface area (Å²) < 4.78 is 201. The number of thiol groups is 2. The van der Waals surface area contributed by atoms with Crippen molar-refractivity contribution >= 4 is 37.5 Å². The van der Waals surface area contributed by atoms with Gasteiger partial charge in [0, 0.05) is 19.5 Å². The van der Waals surface area contributed by atoms with Gasteiger partial charge in [-0.3, -0.25) is 0 Å². The van der Waals surface area contributed by atoms with Gasteiger partial charge in [-0.25, -0.2) is 0 Å². The van der Waals surface area contributed by atoms with E-state index in [1.807, 2.05) is 0 Å². The van der Waals surface area contributed by atoms with Crippen molar-refractivity contribution in [2.45, 2.75) is 92.0 Å². The number of hydrogen-bond donors (Lipinski definition) is 2. The molecule has 0 saturated carbocycles. The molecule has 20 heteroatoms. The molecule has 37 heavy (non-hydrogen) atoms. The molecule has 1 aromatic rings. The molecular weight excluding hydrogens is 613 g/mol. The topological polar surface area (TPSA) is 9.86 Å². The van der Waals surface area contributed by atoms with Crippen LogP contribution >= 0.6 is 37.5 Å². The molecule has 0 N–H and O–H groups in total. The van der Waals surface area contributed by atoms with Crippen LogP contribution in [-0.2, 0) is 13.1 Å². The number of hydrogen-bond acceptors (Lipinski definition) is 3. The van der Waals surface area contributed by atoms with Gasteiger partial charge in [0.05, 0.1) is 0 Å². The van der Waals surface area contributed by atoms with Crippen molar-refractivity contribution in [1.29, 1.82) is 0 Å². The molecule has 0 fully saturated rings. The summed E-state index contributed by atoms with van der Waals surface area (Å²) in [5, 5.41) is -0.505. The largest absolute Gasteiger partial charge is 0.460 e. The van der Waals surface area contributed by atoms with Crippen LogP contribution in [-0.4, -0.2) is 50.8 Å². The summed E-state index contributed by atoms with van der Waals surface area (Å²) in [4.78, 5) is 0. The smallest absolute Gasteiger partial charge is 0.311 e. The second kappa shape index (κ2) is 9.62. The average molecular weight is 631 g/mol. The molecular formula is C17H17F15N2S3. The lowest BCUT2D eigenvalue weighted by Gasteiger charge is -2.41. The molecule has 0 bridgehead atoms. The molecule has 0 aliphatic carbocycles. The highest BCUT2D eigenvalue weighted by atomic mass is 32.1. The fourth-order valence-electron chi connectivity index (χ4n) is 2.80. The average Bonchev–Trinajstić information content (AvgIpc) is 2.86. The van der Waals surface area contributed by atoms with E-state index in [2.05, 4.69) is 25.3 Å². The monoisotopic (exact) mass is 630 g/mol. The highest BCUT2D eigenvalue weighted by molar-refractivity contribution is 7.83. The van der Waals surface area contributed by atoms with Gasteiger partial charge in [0.2, 0.25) is 0 Å². The van der Waals surface area contributed by atoms with Crippen molar-refractivity contribution in [2.75, 3.05) is 0 Å². The van der Waals surface area contributed by atoms with E-state index in [4.69, 9.17) is 12.2 Å². The van der Waals surface area contributed by atoms with Crippen molar-refractivity contribution in [3.8, 4) is 0 Å². The zero-order valence-corrected chi connectivity index (χ0v) is 21.1. The van der Waals surface area contributed by atoms with Crippen LogP contribution in [0.15, 0.2) is 10.1 Å². The first-order valence-electron chi connectivity index (χ1n) is 9.47. The van der Waals surface area contributed by atoms with Crippen LogP contribution in [0, 0.1) is 10.2 Å². The van der Waals surface area contributed by atoms with Crippen molar-refractivity contribution < 1.29 is 65.9 Å². The number of rotatable bonds is 9. The fourth-order valence-corrected chi connectivity index (χ4v) is 3.87. The molecule has 0 amide bonds. The second-order valence-electron chi connectivity index (χ2n) is 9.05. The number of nitrogens with zero attached hydrogens (tertiary/aromatic N) is 2. The first-order valence-corrected chi connectivity index (χ1v) is 10.8. The molecule has 1 heterocycles. The van der Waals surface area contributed by atoms with Gasteiger partial charge in [-0.05, 0) is 17.6 Å². The Kier molecular flexibility index (Phi) is 8.87. The fraction of sp³-hybridized carbons (Fsp3) is 0.824. The van der Waals surface area contributed by atoms with E-state index in [1.165, 1.54) is 0 Å².